The summed E-state index contributed by atoms with van der Waals surface area (Å²) in [5.41, 5.74) is 2.49. The number of rotatable bonds is 5. The Hall–Kier alpha value is -3.10. The lowest BCUT2D eigenvalue weighted by atomic mass is 9.81. The molecule has 9 heteroatoms. The molecule has 2 aliphatic heterocycles. The first-order chi connectivity index (χ1) is 14.9. The van der Waals surface area contributed by atoms with Crippen molar-refractivity contribution in [3.8, 4) is 0 Å². The quantitative estimate of drug-likeness (QED) is 0.487. The van der Waals surface area contributed by atoms with Crippen molar-refractivity contribution in [1.82, 2.24) is 16.0 Å². The lowest BCUT2D eigenvalue weighted by Crippen LogP contribution is -2.72. The molecule has 162 valence electrons. The molecule has 2 saturated heterocycles. The Morgan fingerprint density at radius 3 is 2.58 bits per heavy atom. The minimum atomic E-state index is -0.788. The van der Waals surface area contributed by atoms with Crippen molar-refractivity contribution in [2.24, 2.45) is 11.8 Å². The number of halogens is 1. The highest BCUT2D eigenvalue weighted by Crippen LogP contribution is 2.28. The number of nitrogens with one attached hydrogen (secondary N) is 5. The van der Waals surface area contributed by atoms with E-state index in [1.807, 2.05) is 30.3 Å². The Bertz CT molecular complexity index is 997. The van der Waals surface area contributed by atoms with Gasteiger partial charge in [-0.1, -0.05) is 36.7 Å². The van der Waals surface area contributed by atoms with E-state index in [2.05, 4.69) is 33.5 Å². The van der Waals surface area contributed by atoms with E-state index in [0.717, 1.165) is 12.0 Å². The van der Waals surface area contributed by atoms with Gasteiger partial charge in [-0.2, -0.15) is 0 Å². The summed E-state index contributed by atoms with van der Waals surface area (Å²) in [6, 6.07) is 14.6. The smallest absolute Gasteiger partial charge is 0.229 e. The van der Waals surface area contributed by atoms with Crippen LogP contribution in [-0.2, 0) is 20.8 Å². The molecule has 3 amide bonds. The molecule has 2 heterocycles. The molecule has 2 fully saturated rings. The van der Waals surface area contributed by atoms with Crippen LogP contribution in [0.5, 0.6) is 0 Å². The zero-order valence-corrected chi connectivity index (χ0v) is 17.7. The Morgan fingerprint density at radius 1 is 1.10 bits per heavy atom. The van der Waals surface area contributed by atoms with E-state index in [9.17, 15) is 14.4 Å². The summed E-state index contributed by atoms with van der Waals surface area (Å²) in [7, 11) is 0. The Kier molecular flexibility index (Phi) is 6.11. The molecule has 2 aromatic rings. The van der Waals surface area contributed by atoms with Crippen molar-refractivity contribution in [3.63, 3.8) is 0 Å². The molecular formula is C22H24ClN5O3. The van der Waals surface area contributed by atoms with Crippen LogP contribution >= 0.6 is 11.6 Å². The zero-order valence-electron chi connectivity index (χ0n) is 16.9. The van der Waals surface area contributed by atoms with Crippen LogP contribution in [0.3, 0.4) is 0 Å². The van der Waals surface area contributed by atoms with Gasteiger partial charge in [-0.05, 0) is 42.3 Å². The molecule has 0 saturated carbocycles. The van der Waals surface area contributed by atoms with E-state index in [0.29, 0.717) is 16.4 Å². The van der Waals surface area contributed by atoms with Gasteiger partial charge in [0.25, 0.3) is 0 Å². The van der Waals surface area contributed by atoms with Crippen LogP contribution in [0.15, 0.2) is 48.5 Å². The van der Waals surface area contributed by atoms with Crippen LogP contribution in [0.4, 0.5) is 11.4 Å². The van der Waals surface area contributed by atoms with Gasteiger partial charge in [-0.3, -0.25) is 19.7 Å². The normalized spacial score (nSPS) is 25.1. The summed E-state index contributed by atoms with van der Waals surface area (Å²) in [5.74, 6) is -2.47. The third-order valence-electron chi connectivity index (χ3n) is 5.55. The maximum absolute atomic E-state index is 12.9. The fourth-order valence-electron chi connectivity index (χ4n) is 3.96. The summed E-state index contributed by atoms with van der Waals surface area (Å²) in [6.07, 6.45) is -0.459. The zero-order chi connectivity index (χ0) is 22.0. The number of aryl methyl sites for hydroxylation is 1. The predicted molar refractivity (Wildman–Crippen MR) is 118 cm³/mol. The van der Waals surface area contributed by atoms with Crippen LogP contribution in [-0.4, -0.2) is 30.2 Å². The Morgan fingerprint density at radius 2 is 1.87 bits per heavy atom. The summed E-state index contributed by atoms with van der Waals surface area (Å²) < 4.78 is 0. The average Bonchev–Trinajstić information content (AvgIpc) is 2.73. The standard InChI is InChI=1S/C22H24ClN5O3/c1-2-12-6-8-14(9-7-12)24-20(30)16-11-17(29)26-19-18(16)21(31)28-22(27-19)25-15-5-3-4-13(23)10-15/h3-10,16,18-19,22,25,27H,2,11H2,1H3,(H,24,30)(H,26,29)(H,28,31). The van der Waals surface area contributed by atoms with E-state index in [-0.39, 0.29) is 24.1 Å². The second-order valence-electron chi connectivity index (χ2n) is 7.68. The molecule has 4 atom stereocenters. The van der Waals surface area contributed by atoms with Gasteiger partial charge in [0, 0.05) is 22.8 Å². The summed E-state index contributed by atoms with van der Waals surface area (Å²) >= 11 is 6.01. The molecule has 0 bridgehead atoms. The highest BCUT2D eigenvalue weighted by atomic mass is 35.5. The molecule has 2 aromatic carbocycles. The maximum Gasteiger partial charge on any atom is 0.229 e. The number of benzene rings is 2. The van der Waals surface area contributed by atoms with Crippen molar-refractivity contribution < 1.29 is 14.4 Å². The third kappa shape index (κ3) is 4.81. The minimum Gasteiger partial charge on any atom is -0.353 e. The topological polar surface area (TPSA) is 111 Å². The molecule has 8 nitrogen and oxygen atoms in total. The van der Waals surface area contributed by atoms with Crippen LogP contribution in [0.1, 0.15) is 18.9 Å². The van der Waals surface area contributed by atoms with E-state index in [1.54, 1.807) is 18.2 Å². The number of hydrogen-bond acceptors (Lipinski definition) is 5. The van der Waals surface area contributed by atoms with Crippen LogP contribution < -0.4 is 26.6 Å². The van der Waals surface area contributed by atoms with Gasteiger partial charge in [0.1, 0.15) is 0 Å². The van der Waals surface area contributed by atoms with Crippen molar-refractivity contribution in [2.45, 2.75) is 32.2 Å². The summed E-state index contributed by atoms with van der Waals surface area (Å²) in [6.45, 7) is 2.05. The Labute approximate surface area is 185 Å². The lowest BCUT2D eigenvalue weighted by Gasteiger charge is -2.43. The Balaban J connectivity index is 1.46. The average molecular weight is 442 g/mol. The molecular weight excluding hydrogens is 418 g/mol. The van der Waals surface area contributed by atoms with Gasteiger partial charge >= 0.3 is 0 Å². The molecule has 5 N–H and O–H groups in total. The number of piperidine rings is 1. The van der Waals surface area contributed by atoms with E-state index in [1.165, 1.54) is 0 Å². The van der Waals surface area contributed by atoms with Crippen LogP contribution in [0.25, 0.3) is 0 Å². The third-order valence-corrected chi connectivity index (χ3v) is 5.79. The number of hydrogen-bond donors (Lipinski definition) is 5. The molecule has 0 radical (unpaired) electrons. The molecule has 0 aliphatic carbocycles. The second kappa shape index (κ2) is 8.95. The monoisotopic (exact) mass is 441 g/mol. The van der Waals surface area contributed by atoms with E-state index in [4.69, 9.17) is 11.6 Å². The summed E-state index contributed by atoms with van der Waals surface area (Å²) in [4.78, 5) is 38.1. The van der Waals surface area contributed by atoms with E-state index >= 15 is 0 Å². The number of carbonyl (C=O) groups excluding carboxylic acids is 3. The molecule has 0 spiro atoms. The first-order valence-electron chi connectivity index (χ1n) is 10.2. The van der Waals surface area contributed by atoms with Crippen LogP contribution in [0, 0.1) is 11.8 Å². The number of amides is 3. The van der Waals surface area contributed by atoms with Gasteiger partial charge in [-0.15, -0.1) is 0 Å². The van der Waals surface area contributed by atoms with E-state index < -0.39 is 24.3 Å². The maximum atomic E-state index is 12.9. The van der Waals surface area contributed by atoms with Crippen LogP contribution in [0.2, 0.25) is 5.02 Å². The fourth-order valence-corrected chi connectivity index (χ4v) is 4.15. The highest BCUT2D eigenvalue weighted by Gasteiger charge is 2.48. The van der Waals surface area contributed by atoms with Crippen molar-refractivity contribution in [1.29, 1.82) is 0 Å². The largest absolute Gasteiger partial charge is 0.353 e. The number of carbonyl (C=O) groups is 3. The number of anilines is 2. The van der Waals surface area contributed by atoms with Gasteiger partial charge in [-0.25, -0.2) is 0 Å². The molecule has 31 heavy (non-hydrogen) atoms. The molecule has 4 rings (SSSR count). The molecule has 4 unspecified atom stereocenters. The fraction of sp³-hybridized carbons (Fsp3) is 0.318. The van der Waals surface area contributed by atoms with Gasteiger partial charge in [0.2, 0.25) is 17.7 Å². The van der Waals surface area contributed by atoms with Gasteiger partial charge in [0.05, 0.1) is 18.0 Å². The van der Waals surface area contributed by atoms with Crippen molar-refractivity contribution >= 4 is 40.7 Å². The highest BCUT2D eigenvalue weighted by molar-refractivity contribution is 6.30. The van der Waals surface area contributed by atoms with Gasteiger partial charge in [0.15, 0.2) is 6.29 Å². The summed E-state index contributed by atoms with van der Waals surface area (Å²) in [5, 5.41) is 15.3. The lowest BCUT2D eigenvalue weighted by molar-refractivity contribution is -0.144. The second-order valence-corrected chi connectivity index (χ2v) is 8.12. The first-order valence-corrected chi connectivity index (χ1v) is 10.6. The minimum absolute atomic E-state index is 0.0540. The van der Waals surface area contributed by atoms with Gasteiger partial charge < -0.3 is 21.3 Å². The molecule has 2 aliphatic rings. The van der Waals surface area contributed by atoms with Crippen molar-refractivity contribution in [2.75, 3.05) is 10.6 Å². The van der Waals surface area contributed by atoms with Crippen molar-refractivity contribution in [3.05, 3.63) is 59.1 Å². The SMILES string of the molecule is CCc1ccc(NC(=O)C2CC(=O)NC3NC(Nc4cccc(Cl)c4)NC(=O)C32)cc1. The first kappa shape index (κ1) is 21.1. The number of fused-ring (bicyclic) bond motifs is 1. The predicted octanol–water partition coefficient (Wildman–Crippen LogP) is 2.03. The molecule has 0 aromatic heterocycles.